The quantitative estimate of drug-likeness (QED) is 0.0266. The van der Waals surface area contributed by atoms with Crippen LogP contribution in [-0.2, 0) is 18.4 Å². The minimum Gasteiger partial charge on any atom is -0.387 e. The van der Waals surface area contributed by atoms with E-state index in [0.29, 0.717) is 17.4 Å². The van der Waals surface area contributed by atoms with Crippen molar-refractivity contribution in [3.8, 4) is 0 Å². The van der Waals surface area contributed by atoms with Crippen molar-refractivity contribution in [2.24, 2.45) is 0 Å². The van der Waals surface area contributed by atoms with Crippen LogP contribution in [-0.4, -0.2) is 73.4 Å². The van der Waals surface area contributed by atoms with Gasteiger partial charge in [0.15, 0.2) is 0 Å². The van der Waals surface area contributed by atoms with E-state index in [0.717, 1.165) is 77.0 Å². The third kappa shape index (κ3) is 37.3. The second-order valence-electron chi connectivity index (χ2n) is 13.9. The van der Waals surface area contributed by atoms with E-state index in [-0.39, 0.29) is 25.5 Å². The Balaban J connectivity index is 4.52. The SMILES string of the molecule is CC/C=C\C/C=C\C/C=C\C/C=C\C/C=C\C/C=C\C/C=C\CCCC(=O)NC(COP(=O)(O)OCC[N+](C)(C)C)C(O)/C=C/CC/C=C/CCCC. The Morgan fingerprint density at radius 2 is 1.11 bits per heavy atom. The molecule has 9 heteroatoms. The van der Waals surface area contributed by atoms with Crippen LogP contribution in [0.5, 0.6) is 0 Å². The van der Waals surface area contributed by atoms with E-state index >= 15 is 0 Å². The lowest BCUT2D eigenvalue weighted by atomic mass is 10.1. The molecule has 0 spiro atoms. The Hall–Kier alpha value is -2.84. The van der Waals surface area contributed by atoms with Crippen molar-refractivity contribution in [2.45, 2.75) is 122 Å². The largest absolute Gasteiger partial charge is 0.472 e. The third-order valence-corrected chi connectivity index (χ3v) is 8.71. The minimum absolute atomic E-state index is 0.0378. The van der Waals surface area contributed by atoms with E-state index in [4.69, 9.17) is 9.05 Å². The normalized spacial score (nSPS) is 15.7. The first-order valence-electron chi connectivity index (χ1n) is 19.8. The fraction of sp³-hybridized carbons (Fsp3) is 0.568. The van der Waals surface area contributed by atoms with Gasteiger partial charge in [-0.05, 0) is 77.0 Å². The Morgan fingerprint density at radius 3 is 1.62 bits per heavy atom. The highest BCUT2D eigenvalue weighted by Crippen LogP contribution is 2.43. The molecule has 3 N–H and O–H groups in total. The average Bonchev–Trinajstić information content (AvgIpc) is 3.10. The zero-order chi connectivity index (χ0) is 39.3. The molecule has 0 heterocycles. The van der Waals surface area contributed by atoms with Gasteiger partial charge in [0.2, 0.25) is 5.91 Å². The molecule has 3 unspecified atom stereocenters. The summed E-state index contributed by atoms with van der Waals surface area (Å²) in [4.78, 5) is 22.9. The minimum atomic E-state index is -4.36. The van der Waals surface area contributed by atoms with E-state index in [1.807, 2.05) is 27.2 Å². The molecular formula is C44H74N2O6P+. The number of carbonyl (C=O) groups excluding carboxylic acids is 1. The maximum absolute atomic E-state index is 12.8. The Labute approximate surface area is 323 Å². The number of amides is 1. The number of nitrogens with one attached hydrogen (secondary N) is 1. The molecule has 0 aliphatic rings. The summed E-state index contributed by atoms with van der Waals surface area (Å²) in [5.41, 5.74) is 0. The van der Waals surface area contributed by atoms with Crippen LogP contribution in [0, 0.1) is 0 Å². The molecule has 0 saturated heterocycles. The van der Waals surface area contributed by atoms with Crippen LogP contribution in [0.1, 0.15) is 110 Å². The smallest absolute Gasteiger partial charge is 0.387 e. The monoisotopic (exact) mass is 758 g/mol. The van der Waals surface area contributed by atoms with Crippen molar-refractivity contribution >= 4 is 13.7 Å². The Kier molecular flexibility index (Phi) is 33.0. The predicted molar refractivity (Wildman–Crippen MR) is 225 cm³/mol. The first kappa shape index (κ1) is 50.2. The summed E-state index contributed by atoms with van der Waals surface area (Å²) in [6, 6.07) is -0.898. The second kappa shape index (κ2) is 34.9. The van der Waals surface area contributed by atoms with Crippen molar-refractivity contribution in [1.82, 2.24) is 5.32 Å². The van der Waals surface area contributed by atoms with Crippen LogP contribution in [0.15, 0.2) is 109 Å². The van der Waals surface area contributed by atoms with Crippen molar-refractivity contribution in [2.75, 3.05) is 40.9 Å². The number of aliphatic hydroxyl groups is 1. The van der Waals surface area contributed by atoms with Crippen LogP contribution < -0.4 is 5.32 Å². The second-order valence-corrected chi connectivity index (χ2v) is 15.4. The predicted octanol–water partition coefficient (Wildman–Crippen LogP) is 10.6. The van der Waals surface area contributed by atoms with Gasteiger partial charge in [0.1, 0.15) is 13.2 Å². The summed E-state index contributed by atoms with van der Waals surface area (Å²) in [6.07, 6.45) is 50.4. The van der Waals surface area contributed by atoms with Crippen molar-refractivity contribution in [3.63, 3.8) is 0 Å². The molecule has 0 saturated carbocycles. The molecule has 0 rings (SSSR count). The molecule has 0 bridgehead atoms. The summed E-state index contributed by atoms with van der Waals surface area (Å²) < 4.78 is 23.3. The van der Waals surface area contributed by atoms with Gasteiger partial charge in [0.05, 0.1) is 39.9 Å². The molecule has 0 aromatic carbocycles. The summed E-state index contributed by atoms with van der Waals surface area (Å²) in [6.45, 7) is 4.50. The van der Waals surface area contributed by atoms with Crippen LogP contribution >= 0.6 is 7.82 Å². The number of rotatable bonds is 33. The van der Waals surface area contributed by atoms with Crippen LogP contribution in [0.4, 0.5) is 0 Å². The van der Waals surface area contributed by atoms with E-state index in [9.17, 15) is 19.4 Å². The molecule has 8 nitrogen and oxygen atoms in total. The summed E-state index contributed by atoms with van der Waals surface area (Å²) in [5.74, 6) is -0.256. The molecule has 53 heavy (non-hydrogen) atoms. The van der Waals surface area contributed by atoms with Gasteiger partial charge >= 0.3 is 7.82 Å². The van der Waals surface area contributed by atoms with Crippen molar-refractivity contribution < 1.29 is 32.9 Å². The van der Waals surface area contributed by atoms with Gasteiger partial charge in [-0.3, -0.25) is 13.8 Å². The maximum atomic E-state index is 12.8. The number of unbranched alkanes of at least 4 members (excludes halogenated alkanes) is 4. The Bertz CT molecular complexity index is 1220. The molecule has 0 radical (unpaired) electrons. The van der Waals surface area contributed by atoms with Crippen molar-refractivity contribution in [3.05, 3.63) is 109 Å². The molecule has 0 aromatic heterocycles. The highest BCUT2D eigenvalue weighted by atomic mass is 31.2. The van der Waals surface area contributed by atoms with Gasteiger partial charge in [-0.1, -0.05) is 136 Å². The average molecular weight is 758 g/mol. The fourth-order valence-electron chi connectivity index (χ4n) is 4.56. The van der Waals surface area contributed by atoms with E-state index in [1.54, 1.807) is 6.08 Å². The zero-order valence-corrected chi connectivity index (χ0v) is 34.6. The third-order valence-electron chi connectivity index (χ3n) is 7.73. The van der Waals surface area contributed by atoms with Crippen LogP contribution in [0.2, 0.25) is 0 Å². The highest BCUT2D eigenvalue weighted by molar-refractivity contribution is 7.47. The topological polar surface area (TPSA) is 105 Å². The van der Waals surface area contributed by atoms with E-state index in [1.165, 1.54) is 6.42 Å². The lowest BCUT2D eigenvalue weighted by Gasteiger charge is -2.25. The van der Waals surface area contributed by atoms with E-state index < -0.39 is 20.0 Å². The Morgan fingerprint density at radius 1 is 0.660 bits per heavy atom. The molecule has 0 fully saturated rings. The molecule has 0 aliphatic heterocycles. The summed E-state index contributed by atoms with van der Waals surface area (Å²) >= 11 is 0. The standard InChI is InChI=1S/C44H73N2O6P/c1-6-8-10-12-14-16-17-18-19-20-21-22-23-24-25-26-27-28-29-30-32-34-36-38-44(48)45-42(41-52-53(49,50)51-40-39-46(3,4)5)43(47)37-35-33-31-15-13-11-9-7-2/h8,10,13-16,18-19,21-22,24-25,27-28,30,32,35,37,42-43,47H,6-7,9,11-12,17,20,23,26,29,31,33-34,36,38-41H2,1-5H3,(H-,45,48,49,50)/p+1/b10-8-,15-13+,16-14-,19-18-,22-21-,25-24-,28-27-,32-30-,37-35+. The molecular weight excluding hydrogens is 683 g/mol. The first-order valence-corrected chi connectivity index (χ1v) is 21.3. The van der Waals surface area contributed by atoms with Gasteiger partial charge in [-0.25, -0.2) is 4.57 Å². The molecule has 0 aliphatic carbocycles. The number of phosphoric ester groups is 1. The lowest BCUT2D eigenvalue weighted by molar-refractivity contribution is -0.870. The molecule has 0 aromatic rings. The molecule has 1 amide bonds. The maximum Gasteiger partial charge on any atom is 0.472 e. The highest BCUT2D eigenvalue weighted by Gasteiger charge is 2.27. The van der Waals surface area contributed by atoms with Gasteiger partial charge < -0.3 is 19.8 Å². The van der Waals surface area contributed by atoms with Gasteiger partial charge in [-0.15, -0.1) is 0 Å². The number of nitrogens with zero attached hydrogens (tertiary/aromatic N) is 1. The van der Waals surface area contributed by atoms with E-state index in [2.05, 4.69) is 116 Å². The van der Waals surface area contributed by atoms with Gasteiger partial charge in [0.25, 0.3) is 0 Å². The molecule has 3 atom stereocenters. The number of phosphoric acid groups is 1. The number of carbonyl (C=O) groups is 1. The number of hydrogen-bond acceptors (Lipinski definition) is 5. The number of hydrogen-bond donors (Lipinski definition) is 3. The zero-order valence-electron chi connectivity index (χ0n) is 33.7. The molecule has 300 valence electrons. The fourth-order valence-corrected chi connectivity index (χ4v) is 5.29. The van der Waals surface area contributed by atoms with Crippen LogP contribution in [0.3, 0.4) is 0 Å². The lowest BCUT2D eigenvalue weighted by Crippen LogP contribution is -2.45. The van der Waals surface area contributed by atoms with Gasteiger partial charge in [-0.2, -0.15) is 0 Å². The number of quaternary nitrogens is 1. The van der Waals surface area contributed by atoms with Crippen LogP contribution in [0.25, 0.3) is 0 Å². The number of aliphatic hydroxyl groups excluding tert-OH is 1. The van der Waals surface area contributed by atoms with Gasteiger partial charge in [0, 0.05) is 6.42 Å². The first-order chi connectivity index (χ1) is 25.5. The summed E-state index contributed by atoms with van der Waals surface area (Å²) in [5, 5.41) is 13.6. The summed E-state index contributed by atoms with van der Waals surface area (Å²) in [7, 11) is 1.49. The number of allylic oxidation sites excluding steroid dienone is 17. The van der Waals surface area contributed by atoms with Crippen molar-refractivity contribution in [1.29, 1.82) is 0 Å². The number of likely N-dealkylation sites (N-methyl/N-ethyl adjacent to an activating group) is 1.